The summed E-state index contributed by atoms with van der Waals surface area (Å²) < 4.78 is 0. The van der Waals surface area contributed by atoms with Gasteiger partial charge in [0.1, 0.15) is 0 Å². The predicted molar refractivity (Wildman–Crippen MR) is 121 cm³/mol. The van der Waals surface area contributed by atoms with Gasteiger partial charge < -0.3 is 10.2 Å². The molecule has 1 saturated heterocycles. The smallest absolute Gasteiger partial charge is 0.253 e. The lowest BCUT2D eigenvalue weighted by Gasteiger charge is -2.30. The van der Waals surface area contributed by atoms with Crippen LogP contribution in [0.4, 0.5) is 5.69 Å². The van der Waals surface area contributed by atoms with E-state index in [1.165, 1.54) is 44.9 Å². The normalized spacial score (nSPS) is 14.8. The van der Waals surface area contributed by atoms with Crippen molar-refractivity contribution in [2.75, 3.05) is 18.4 Å². The van der Waals surface area contributed by atoms with Gasteiger partial charge in [0.2, 0.25) is 5.91 Å². The highest BCUT2D eigenvalue weighted by atomic mass is 16.2. The third-order valence-corrected chi connectivity index (χ3v) is 5.99. The zero-order valence-electron chi connectivity index (χ0n) is 18.5. The van der Waals surface area contributed by atoms with Crippen molar-refractivity contribution >= 4 is 17.5 Å². The highest BCUT2D eigenvalue weighted by Crippen LogP contribution is 2.19. The third kappa shape index (κ3) is 9.01. The quantitative estimate of drug-likeness (QED) is 0.412. The topological polar surface area (TPSA) is 49.4 Å². The lowest BCUT2D eigenvalue weighted by atomic mass is 9.98. The van der Waals surface area contributed by atoms with E-state index >= 15 is 0 Å². The number of nitrogens with one attached hydrogen (secondary N) is 1. The minimum atomic E-state index is 0.0667. The molecule has 0 bridgehead atoms. The van der Waals surface area contributed by atoms with E-state index in [4.69, 9.17) is 0 Å². The van der Waals surface area contributed by atoms with Crippen molar-refractivity contribution in [1.29, 1.82) is 0 Å². The summed E-state index contributed by atoms with van der Waals surface area (Å²) in [7, 11) is 0. The number of likely N-dealkylation sites (tertiary alicyclic amines) is 1. The second-order valence-electron chi connectivity index (χ2n) is 8.68. The first-order chi connectivity index (χ1) is 14.1. The second-order valence-corrected chi connectivity index (χ2v) is 8.68. The molecule has 2 rings (SSSR count). The molecule has 2 amide bonds. The predicted octanol–water partition coefficient (Wildman–Crippen LogP) is 6.42. The van der Waals surface area contributed by atoms with Gasteiger partial charge in [0.05, 0.1) is 0 Å². The molecule has 162 valence electrons. The summed E-state index contributed by atoms with van der Waals surface area (Å²) in [6, 6.07) is 7.34. The molecule has 1 aliphatic heterocycles. The summed E-state index contributed by atoms with van der Waals surface area (Å²) in [5.74, 6) is 0.879. The fraction of sp³-hybridized carbons (Fsp3) is 0.680. The van der Waals surface area contributed by atoms with Crippen molar-refractivity contribution in [3.05, 3.63) is 29.8 Å². The first kappa shape index (κ1) is 23.4. The van der Waals surface area contributed by atoms with Crippen LogP contribution in [0.15, 0.2) is 24.3 Å². The van der Waals surface area contributed by atoms with Crippen LogP contribution in [-0.4, -0.2) is 29.8 Å². The maximum Gasteiger partial charge on any atom is 0.253 e. The summed E-state index contributed by atoms with van der Waals surface area (Å²) in [5, 5.41) is 2.95. The number of piperidine rings is 1. The summed E-state index contributed by atoms with van der Waals surface area (Å²) >= 11 is 0. The molecule has 0 aliphatic carbocycles. The van der Waals surface area contributed by atoms with Gasteiger partial charge in [0.15, 0.2) is 0 Å². The highest BCUT2D eigenvalue weighted by Gasteiger charge is 2.21. The third-order valence-electron chi connectivity index (χ3n) is 5.99. The monoisotopic (exact) mass is 400 g/mol. The number of rotatable bonds is 12. The molecule has 1 aliphatic rings. The number of nitrogens with zero attached hydrogens (tertiary/aromatic N) is 1. The fourth-order valence-electron chi connectivity index (χ4n) is 3.91. The summed E-state index contributed by atoms with van der Waals surface area (Å²) in [6.45, 7) is 6.18. The maximum atomic E-state index is 12.6. The van der Waals surface area contributed by atoms with Gasteiger partial charge in [-0.1, -0.05) is 65.2 Å². The Balaban J connectivity index is 1.61. The Hall–Kier alpha value is -1.84. The van der Waals surface area contributed by atoms with Gasteiger partial charge in [0.25, 0.3) is 5.91 Å². The van der Waals surface area contributed by atoms with Crippen LogP contribution in [0.5, 0.6) is 0 Å². The van der Waals surface area contributed by atoms with Crippen LogP contribution in [0, 0.1) is 5.92 Å². The molecule has 1 heterocycles. The molecule has 1 fully saturated rings. The fourth-order valence-corrected chi connectivity index (χ4v) is 3.91. The van der Waals surface area contributed by atoms with Crippen LogP contribution in [0.25, 0.3) is 0 Å². The first-order valence-electron chi connectivity index (χ1n) is 11.8. The van der Waals surface area contributed by atoms with Gasteiger partial charge in [-0.05, 0) is 49.4 Å². The molecular weight excluding hydrogens is 360 g/mol. The van der Waals surface area contributed by atoms with Crippen molar-refractivity contribution in [2.45, 2.75) is 90.9 Å². The van der Waals surface area contributed by atoms with E-state index in [0.717, 1.165) is 44.5 Å². The Labute approximate surface area is 177 Å². The Kier molecular flexibility index (Phi) is 10.8. The second kappa shape index (κ2) is 13.4. The number of benzene rings is 1. The van der Waals surface area contributed by atoms with E-state index in [2.05, 4.69) is 19.2 Å². The number of unbranched alkanes of at least 4 members (excludes halogenated alkanes) is 8. The standard InChI is InChI=1S/C25H40N2O2/c1-3-4-5-6-7-8-9-10-11-12-24(28)26-23-15-13-22(14-16-23)25(29)27-19-17-21(2)18-20-27/h13-16,21H,3-12,17-20H2,1-2H3,(H,26,28). The van der Waals surface area contributed by atoms with Gasteiger partial charge in [-0.3, -0.25) is 9.59 Å². The molecule has 0 atom stereocenters. The van der Waals surface area contributed by atoms with Crippen molar-refractivity contribution in [3.63, 3.8) is 0 Å². The number of anilines is 1. The highest BCUT2D eigenvalue weighted by molar-refractivity contribution is 5.95. The molecule has 0 aromatic heterocycles. The molecule has 4 heteroatoms. The van der Waals surface area contributed by atoms with Crippen LogP contribution >= 0.6 is 0 Å². The largest absolute Gasteiger partial charge is 0.339 e. The Morgan fingerprint density at radius 3 is 2.03 bits per heavy atom. The van der Waals surface area contributed by atoms with Gasteiger partial charge in [-0.2, -0.15) is 0 Å². The zero-order chi connectivity index (χ0) is 20.9. The molecule has 1 aromatic carbocycles. The van der Waals surface area contributed by atoms with Crippen LogP contribution in [0.1, 0.15) is 101 Å². The molecule has 0 unspecified atom stereocenters. The molecule has 0 saturated carbocycles. The lowest BCUT2D eigenvalue weighted by Crippen LogP contribution is -2.37. The van der Waals surface area contributed by atoms with E-state index in [9.17, 15) is 9.59 Å². The van der Waals surface area contributed by atoms with E-state index in [0.29, 0.717) is 17.9 Å². The van der Waals surface area contributed by atoms with Gasteiger partial charge in [-0.25, -0.2) is 0 Å². The Bertz CT molecular complexity index is 604. The molecule has 0 spiro atoms. The van der Waals surface area contributed by atoms with Crippen LogP contribution in [-0.2, 0) is 4.79 Å². The average Bonchev–Trinajstić information content (AvgIpc) is 2.73. The molecule has 0 radical (unpaired) electrons. The van der Waals surface area contributed by atoms with Crippen LogP contribution in [0.3, 0.4) is 0 Å². The number of carbonyl (C=O) groups is 2. The van der Waals surface area contributed by atoms with E-state index in [1.807, 2.05) is 29.2 Å². The maximum absolute atomic E-state index is 12.6. The van der Waals surface area contributed by atoms with Gasteiger partial charge in [0, 0.05) is 30.8 Å². The van der Waals surface area contributed by atoms with Crippen molar-refractivity contribution in [3.8, 4) is 0 Å². The molecule has 1 aromatic rings. The first-order valence-corrected chi connectivity index (χ1v) is 11.8. The Morgan fingerprint density at radius 2 is 1.45 bits per heavy atom. The van der Waals surface area contributed by atoms with Gasteiger partial charge >= 0.3 is 0 Å². The SMILES string of the molecule is CCCCCCCCCCCC(=O)Nc1ccc(C(=O)N2CCC(C)CC2)cc1. The molecule has 29 heavy (non-hydrogen) atoms. The molecular formula is C25H40N2O2. The van der Waals surface area contributed by atoms with Gasteiger partial charge in [-0.15, -0.1) is 0 Å². The molecule has 1 N–H and O–H groups in total. The lowest BCUT2D eigenvalue weighted by molar-refractivity contribution is -0.116. The van der Waals surface area contributed by atoms with Crippen LogP contribution in [0.2, 0.25) is 0 Å². The average molecular weight is 401 g/mol. The van der Waals surface area contributed by atoms with Crippen LogP contribution < -0.4 is 5.32 Å². The number of amides is 2. The number of hydrogen-bond donors (Lipinski definition) is 1. The summed E-state index contributed by atoms with van der Waals surface area (Å²) in [4.78, 5) is 26.7. The Morgan fingerprint density at radius 1 is 0.897 bits per heavy atom. The summed E-state index contributed by atoms with van der Waals surface area (Å²) in [5.41, 5.74) is 1.48. The molecule has 4 nitrogen and oxygen atoms in total. The van der Waals surface area contributed by atoms with E-state index < -0.39 is 0 Å². The van der Waals surface area contributed by atoms with E-state index in [1.54, 1.807) is 0 Å². The van der Waals surface area contributed by atoms with Crippen molar-refractivity contribution in [1.82, 2.24) is 4.90 Å². The minimum absolute atomic E-state index is 0.0667. The number of hydrogen-bond acceptors (Lipinski definition) is 2. The minimum Gasteiger partial charge on any atom is -0.339 e. The van der Waals surface area contributed by atoms with Crippen molar-refractivity contribution < 1.29 is 9.59 Å². The zero-order valence-corrected chi connectivity index (χ0v) is 18.5. The van der Waals surface area contributed by atoms with Crippen molar-refractivity contribution in [2.24, 2.45) is 5.92 Å². The number of carbonyl (C=O) groups excluding carboxylic acids is 2. The van der Waals surface area contributed by atoms with E-state index in [-0.39, 0.29) is 11.8 Å². The summed E-state index contributed by atoms with van der Waals surface area (Å²) in [6.07, 6.45) is 14.0.